The van der Waals surface area contributed by atoms with E-state index in [0.29, 0.717) is 17.0 Å². The van der Waals surface area contributed by atoms with Crippen molar-refractivity contribution in [1.29, 1.82) is 0 Å². The van der Waals surface area contributed by atoms with E-state index < -0.39 is 11.6 Å². The van der Waals surface area contributed by atoms with Gasteiger partial charge in [-0.3, -0.25) is 9.78 Å². The van der Waals surface area contributed by atoms with Gasteiger partial charge in [0.1, 0.15) is 5.82 Å². The molecule has 0 bridgehead atoms. The van der Waals surface area contributed by atoms with Crippen molar-refractivity contribution in [2.24, 2.45) is 0 Å². The molecule has 4 rings (SSSR count). The Hall–Kier alpha value is -2.56. The van der Waals surface area contributed by atoms with Crippen molar-refractivity contribution < 1.29 is 8.78 Å². The molecule has 2 aromatic heterocycles. The van der Waals surface area contributed by atoms with Gasteiger partial charge in [0.15, 0.2) is 11.2 Å². The fourth-order valence-corrected chi connectivity index (χ4v) is 3.26. The molecule has 0 radical (unpaired) electrons. The molecule has 0 atom stereocenters. The van der Waals surface area contributed by atoms with Crippen molar-refractivity contribution in [3.8, 4) is 11.1 Å². The predicted molar refractivity (Wildman–Crippen MR) is 89.1 cm³/mol. The number of hydrogen-bond acceptors (Lipinski definition) is 2. The quantitative estimate of drug-likeness (QED) is 0.704. The van der Waals surface area contributed by atoms with Crippen LogP contribution >= 0.6 is 0 Å². The van der Waals surface area contributed by atoms with Crippen molar-refractivity contribution in [1.82, 2.24) is 9.55 Å². The van der Waals surface area contributed by atoms with Gasteiger partial charge >= 0.3 is 0 Å². The molecule has 1 aliphatic rings. The fourth-order valence-electron chi connectivity index (χ4n) is 3.26. The van der Waals surface area contributed by atoms with Crippen LogP contribution in [0, 0.1) is 25.5 Å². The monoisotopic (exact) mass is 326 g/mol. The number of nitrogens with zero attached hydrogens (tertiary/aromatic N) is 2. The van der Waals surface area contributed by atoms with Crippen LogP contribution in [0.3, 0.4) is 0 Å². The first-order valence-electron chi connectivity index (χ1n) is 7.94. The van der Waals surface area contributed by atoms with Gasteiger partial charge in [-0.15, -0.1) is 0 Å². The second-order valence-electron chi connectivity index (χ2n) is 6.40. The van der Waals surface area contributed by atoms with Crippen LogP contribution in [0.2, 0.25) is 0 Å². The third-order valence-electron chi connectivity index (χ3n) is 4.41. The van der Waals surface area contributed by atoms with E-state index in [1.165, 1.54) is 6.07 Å². The van der Waals surface area contributed by atoms with Gasteiger partial charge in [-0.1, -0.05) is 0 Å². The van der Waals surface area contributed by atoms with Gasteiger partial charge in [0, 0.05) is 29.7 Å². The number of halogens is 2. The molecule has 0 unspecified atom stereocenters. The molecule has 122 valence electrons. The Kier molecular flexibility index (Phi) is 3.27. The summed E-state index contributed by atoms with van der Waals surface area (Å²) in [4.78, 5) is 16.3. The van der Waals surface area contributed by atoms with Crippen LogP contribution in [0.5, 0.6) is 0 Å². The Bertz CT molecular complexity index is 1020. The zero-order valence-electron chi connectivity index (χ0n) is 13.4. The molecular weight excluding hydrogens is 310 g/mol. The zero-order valence-corrected chi connectivity index (χ0v) is 13.4. The molecule has 1 aliphatic carbocycles. The lowest BCUT2D eigenvalue weighted by Crippen LogP contribution is -2.10. The van der Waals surface area contributed by atoms with Crippen LogP contribution in [0.4, 0.5) is 8.78 Å². The van der Waals surface area contributed by atoms with E-state index in [1.807, 2.05) is 0 Å². The van der Waals surface area contributed by atoms with E-state index in [4.69, 9.17) is 0 Å². The maximum atomic E-state index is 15.3. The molecule has 0 amide bonds. The Balaban J connectivity index is 2.10. The zero-order chi connectivity index (χ0) is 17.0. The van der Waals surface area contributed by atoms with Gasteiger partial charge in [-0.2, -0.15) is 0 Å². The molecule has 0 aliphatic heterocycles. The molecule has 24 heavy (non-hydrogen) atoms. The lowest BCUT2D eigenvalue weighted by atomic mass is 10.0. The topological polar surface area (TPSA) is 34.9 Å². The summed E-state index contributed by atoms with van der Waals surface area (Å²) in [5.41, 5.74) is 1.54. The van der Waals surface area contributed by atoms with E-state index in [1.54, 1.807) is 36.7 Å². The first kappa shape index (κ1) is 15.0. The maximum Gasteiger partial charge on any atom is 0.189 e. The Morgan fingerprint density at radius 1 is 1.12 bits per heavy atom. The average Bonchev–Trinajstić information content (AvgIpc) is 3.32. The summed E-state index contributed by atoms with van der Waals surface area (Å²) in [6.07, 6.45) is 3.49. The Labute approximate surface area is 137 Å². The van der Waals surface area contributed by atoms with Gasteiger partial charge in [0.2, 0.25) is 0 Å². The normalized spacial score (nSPS) is 14.3. The number of benzene rings is 1. The first-order chi connectivity index (χ1) is 11.5. The highest BCUT2D eigenvalue weighted by Gasteiger charge is 2.27. The number of rotatable bonds is 2. The van der Waals surface area contributed by atoms with E-state index in [2.05, 4.69) is 4.98 Å². The lowest BCUT2D eigenvalue weighted by Gasteiger charge is -2.14. The van der Waals surface area contributed by atoms with E-state index >= 15 is 4.39 Å². The van der Waals surface area contributed by atoms with Crippen LogP contribution in [0.25, 0.3) is 22.0 Å². The molecule has 1 fully saturated rings. The first-order valence-corrected chi connectivity index (χ1v) is 7.94. The van der Waals surface area contributed by atoms with E-state index in [-0.39, 0.29) is 27.9 Å². The summed E-state index contributed by atoms with van der Waals surface area (Å²) >= 11 is 0. The summed E-state index contributed by atoms with van der Waals surface area (Å²) < 4.78 is 31.7. The number of pyridine rings is 2. The Morgan fingerprint density at radius 2 is 1.79 bits per heavy atom. The molecule has 1 saturated carbocycles. The van der Waals surface area contributed by atoms with Gasteiger partial charge in [0.25, 0.3) is 0 Å². The number of fused-ring (bicyclic) bond motifs is 1. The minimum absolute atomic E-state index is 0.0886. The minimum atomic E-state index is -0.726. The van der Waals surface area contributed by atoms with Crippen LogP contribution in [-0.4, -0.2) is 9.55 Å². The van der Waals surface area contributed by atoms with Crippen LogP contribution in [0.15, 0.2) is 35.3 Å². The summed E-state index contributed by atoms with van der Waals surface area (Å²) in [5.74, 6) is -1.41. The second-order valence-corrected chi connectivity index (χ2v) is 6.40. The number of aromatic nitrogens is 2. The van der Waals surface area contributed by atoms with Crippen LogP contribution < -0.4 is 5.43 Å². The molecule has 3 nitrogen and oxygen atoms in total. The third-order valence-corrected chi connectivity index (χ3v) is 4.41. The maximum absolute atomic E-state index is 15.3. The van der Waals surface area contributed by atoms with E-state index in [9.17, 15) is 9.18 Å². The van der Waals surface area contributed by atoms with Crippen LogP contribution in [-0.2, 0) is 0 Å². The molecule has 5 heteroatoms. The smallest absolute Gasteiger partial charge is 0.189 e. The van der Waals surface area contributed by atoms with Gasteiger partial charge < -0.3 is 4.57 Å². The SMILES string of the molecule is Cc1cc(-c2c(F)cc3c(=O)ccn(C4CC4)c3c2F)cc(C)n1. The Morgan fingerprint density at radius 3 is 2.42 bits per heavy atom. The number of hydrogen-bond donors (Lipinski definition) is 0. The summed E-state index contributed by atoms with van der Waals surface area (Å²) in [5, 5.41) is 0.0886. The molecule has 2 heterocycles. The summed E-state index contributed by atoms with van der Waals surface area (Å²) in [7, 11) is 0. The largest absolute Gasteiger partial charge is 0.342 e. The third kappa shape index (κ3) is 2.31. The minimum Gasteiger partial charge on any atom is -0.342 e. The van der Waals surface area contributed by atoms with Crippen molar-refractivity contribution in [2.75, 3.05) is 0 Å². The van der Waals surface area contributed by atoms with Gasteiger partial charge in [-0.05, 0) is 50.5 Å². The summed E-state index contributed by atoms with van der Waals surface area (Å²) in [6.45, 7) is 3.57. The summed E-state index contributed by atoms with van der Waals surface area (Å²) in [6, 6.07) is 6.02. The molecule has 3 aromatic rings. The van der Waals surface area contributed by atoms with Gasteiger partial charge in [0.05, 0.1) is 16.5 Å². The predicted octanol–water partition coefficient (Wildman–Crippen LogP) is 4.29. The molecule has 0 N–H and O–H groups in total. The van der Waals surface area contributed by atoms with Crippen molar-refractivity contribution >= 4 is 10.9 Å². The highest BCUT2D eigenvalue weighted by molar-refractivity contribution is 5.86. The highest BCUT2D eigenvalue weighted by atomic mass is 19.1. The van der Waals surface area contributed by atoms with Crippen molar-refractivity contribution in [2.45, 2.75) is 32.7 Å². The van der Waals surface area contributed by atoms with Crippen molar-refractivity contribution in [3.63, 3.8) is 0 Å². The molecule has 0 saturated heterocycles. The lowest BCUT2D eigenvalue weighted by molar-refractivity contribution is 0.589. The second kappa shape index (κ2) is 5.23. The standard InChI is InChI=1S/C19H16F2N2O/c1-10-7-12(8-11(2)22-10)17-15(20)9-14-16(24)5-6-23(13-3-4-13)19(14)18(17)21/h5-9,13H,3-4H2,1-2H3. The van der Waals surface area contributed by atoms with Gasteiger partial charge in [-0.25, -0.2) is 8.78 Å². The molecular formula is C19H16F2N2O. The average molecular weight is 326 g/mol. The molecule has 1 aromatic carbocycles. The van der Waals surface area contributed by atoms with E-state index in [0.717, 1.165) is 18.9 Å². The molecule has 0 spiro atoms. The highest BCUT2D eigenvalue weighted by Crippen LogP contribution is 2.39. The fraction of sp³-hybridized carbons (Fsp3) is 0.263. The number of aryl methyl sites for hydroxylation is 2. The van der Waals surface area contributed by atoms with Crippen LogP contribution in [0.1, 0.15) is 30.3 Å². The van der Waals surface area contributed by atoms with Crippen molar-refractivity contribution in [3.05, 3.63) is 63.7 Å².